The van der Waals surface area contributed by atoms with Gasteiger partial charge >= 0.3 is 5.97 Å². The molecule has 0 atom stereocenters. The zero-order chi connectivity index (χ0) is 18.8. The average molecular weight is 387 g/mol. The maximum atomic E-state index is 12.2. The number of ether oxygens (including phenoxy) is 2. The molecule has 2 aromatic heterocycles. The van der Waals surface area contributed by atoms with Crippen LogP contribution in [-0.4, -0.2) is 49.2 Å². The smallest absolute Gasteiger partial charge is 0.341 e. The number of carbonyl (C=O) groups is 1. The highest BCUT2D eigenvalue weighted by molar-refractivity contribution is 6.36. The van der Waals surface area contributed by atoms with E-state index in [4.69, 9.17) is 21.1 Å². The van der Waals surface area contributed by atoms with Gasteiger partial charge in [0, 0.05) is 49.5 Å². The molecule has 7 nitrogen and oxygen atoms in total. The number of aromatic amines is 1. The minimum absolute atomic E-state index is 0.335. The van der Waals surface area contributed by atoms with Crippen molar-refractivity contribution in [3.8, 4) is 11.5 Å². The Balaban J connectivity index is 1.73. The highest BCUT2D eigenvalue weighted by Gasteiger charge is 2.19. The van der Waals surface area contributed by atoms with Gasteiger partial charge in [-0.15, -0.1) is 0 Å². The van der Waals surface area contributed by atoms with Gasteiger partial charge in [-0.3, -0.25) is 0 Å². The van der Waals surface area contributed by atoms with Crippen molar-refractivity contribution in [2.75, 3.05) is 38.2 Å². The number of aromatic nitrogens is 2. The number of fused-ring (bicyclic) bond motifs is 1. The first kappa shape index (κ1) is 17.6. The monoisotopic (exact) mass is 386 g/mol. The minimum atomic E-state index is -0.469. The summed E-state index contributed by atoms with van der Waals surface area (Å²) in [4.78, 5) is 21.7. The van der Waals surface area contributed by atoms with E-state index in [1.807, 2.05) is 18.2 Å². The molecule has 0 amide bonds. The number of anilines is 1. The number of H-pyrrole nitrogens is 1. The van der Waals surface area contributed by atoms with E-state index in [0.717, 1.165) is 37.3 Å². The van der Waals surface area contributed by atoms with Crippen LogP contribution in [-0.2, 0) is 4.74 Å². The fourth-order valence-corrected chi connectivity index (χ4v) is 3.38. The van der Waals surface area contributed by atoms with Gasteiger partial charge in [-0.1, -0.05) is 11.6 Å². The van der Waals surface area contributed by atoms with Crippen LogP contribution in [0.25, 0.3) is 11.0 Å². The van der Waals surface area contributed by atoms with Crippen molar-refractivity contribution in [1.29, 1.82) is 0 Å². The van der Waals surface area contributed by atoms with Gasteiger partial charge in [0.25, 0.3) is 0 Å². The fourth-order valence-electron chi connectivity index (χ4n) is 3.14. The number of hydrogen-bond acceptors (Lipinski definition) is 6. The molecular weight excluding hydrogens is 368 g/mol. The third kappa shape index (κ3) is 3.43. The van der Waals surface area contributed by atoms with Crippen LogP contribution in [0, 0.1) is 0 Å². The first-order chi connectivity index (χ1) is 13.2. The quantitative estimate of drug-likeness (QED) is 0.670. The summed E-state index contributed by atoms with van der Waals surface area (Å²) in [6, 6.07) is 7.29. The lowest BCUT2D eigenvalue weighted by Crippen LogP contribution is -2.43. The standard InChI is InChI=1S/C19H19ClN4O3/c1-26-19(25)13-3-2-12(24-8-6-21-7-9-24)10-15(13)27-16-11-23-18-14(17(16)20)4-5-22-18/h2-5,10-11,21H,6-9H2,1H3,(H,22,23). The molecule has 1 aromatic carbocycles. The summed E-state index contributed by atoms with van der Waals surface area (Å²) in [5.74, 6) is 0.298. The lowest BCUT2D eigenvalue weighted by atomic mass is 10.1. The Morgan fingerprint density at radius 1 is 1.22 bits per heavy atom. The van der Waals surface area contributed by atoms with Crippen LogP contribution < -0.4 is 15.0 Å². The van der Waals surface area contributed by atoms with Gasteiger partial charge in [-0.2, -0.15) is 0 Å². The van der Waals surface area contributed by atoms with E-state index >= 15 is 0 Å². The Hall–Kier alpha value is -2.77. The largest absolute Gasteiger partial charge is 0.465 e. The lowest BCUT2D eigenvalue weighted by molar-refractivity contribution is 0.0598. The van der Waals surface area contributed by atoms with Gasteiger partial charge in [-0.25, -0.2) is 9.78 Å². The number of methoxy groups -OCH3 is 1. The number of nitrogens with one attached hydrogen (secondary N) is 2. The Morgan fingerprint density at radius 3 is 2.81 bits per heavy atom. The Morgan fingerprint density at radius 2 is 2.04 bits per heavy atom. The van der Waals surface area contributed by atoms with E-state index in [-0.39, 0.29) is 0 Å². The van der Waals surface area contributed by atoms with E-state index in [1.54, 1.807) is 18.5 Å². The molecule has 0 spiro atoms. The molecule has 0 radical (unpaired) electrons. The molecule has 3 aromatic rings. The number of halogens is 1. The molecule has 0 bridgehead atoms. The minimum Gasteiger partial charge on any atom is -0.465 e. The zero-order valence-corrected chi connectivity index (χ0v) is 15.5. The SMILES string of the molecule is COC(=O)c1ccc(N2CCNCC2)cc1Oc1cnc2[nH]ccc2c1Cl. The predicted octanol–water partition coefficient (Wildman–Crippen LogP) is 3.20. The lowest BCUT2D eigenvalue weighted by Gasteiger charge is -2.30. The molecule has 3 heterocycles. The Labute approximate surface area is 161 Å². The second-order valence-corrected chi connectivity index (χ2v) is 6.57. The van der Waals surface area contributed by atoms with Crippen molar-refractivity contribution in [1.82, 2.24) is 15.3 Å². The van der Waals surface area contributed by atoms with Gasteiger partial charge in [0.2, 0.25) is 0 Å². The second kappa shape index (κ2) is 7.46. The summed E-state index contributed by atoms with van der Waals surface area (Å²) in [6.07, 6.45) is 3.30. The van der Waals surface area contributed by atoms with Crippen LogP contribution in [0.4, 0.5) is 5.69 Å². The molecular formula is C19H19ClN4O3. The highest BCUT2D eigenvalue weighted by atomic mass is 35.5. The van der Waals surface area contributed by atoms with Crippen LogP contribution in [0.1, 0.15) is 10.4 Å². The summed E-state index contributed by atoms with van der Waals surface area (Å²) in [5, 5.41) is 4.52. The third-order valence-electron chi connectivity index (χ3n) is 4.56. The molecule has 140 valence electrons. The summed E-state index contributed by atoms with van der Waals surface area (Å²) in [6.45, 7) is 3.59. The maximum Gasteiger partial charge on any atom is 0.341 e. The van der Waals surface area contributed by atoms with Crippen molar-refractivity contribution in [2.45, 2.75) is 0 Å². The van der Waals surface area contributed by atoms with E-state index in [0.29, 0.717) is 27.7 Å². The van der Waals surface area contributed by atoms with Crippen molar-refractivity contribution in [2.24, 2.45) is 0 Å². The van der Waals surface area contributed by atoms with Gasteiger partial charge in [-0.05, 0) is 18.2 Å². The average Bonchev–Trinajstić information content (AvgIpc) is 3.20. The van der Waals surface area contributed by atoms with E-state index in [1.165, 1.54) is 7.11 Å². The molecule has 2 N–H and O–H groups in total. The van der Waals surface area contributed by atoms with Crippen LogP contribution in [0.15, 0.2) is 36.7 Å². The topological polar surface area (TPSA) is 79.5 Å². The molecule has 1 fully saturated rings. The van der Waals surface area contributed by atoms with Crippen LogP contribution in [0.5, 0.6) is 11.5 Å². The summed E-state index contributed by atoms with van der Waals surface area (Å²) in [5.41, 5.74) is 1.99. The molecule has 0 aliphatic carbocycles. The number of nitrogens with zero attached hydrogens (tertiary/aromatic N) is 2. The summed E-state index contributed by atoms with van der Waals surface area (Å²) in [7, 11) is 1.34. The number of pyridine rings is 1. The number of carbonyl (C=O) groups excluding carboxylic acids is 1. The molecule has 4 rings (SSSR count). The molecule has 27 heavy (non-hydrogen) atoms. The van der Waals surface area contributed by atoms with Crippen molar-refractivity contribution in [3.05, 3.63) is 47.2 Å². The highest BCUT2D eigenvalue weighted by Crippen LogP contribution is 2.36. The molecule has 0 unspecified atom stereocenters. The number of piperazine rings is 1. The fraction of sp³-hybridized carbons (Fsp3) is 0.263. The first-order valence-corrected chi connectivity index (χ1v) is 9.02. The molecule has 0 saturated carbocycles. The Kier molecular flexibility index (Phi) is 4.87. The number of hydrogen-bond donors (Lipinski definition) is 2. The van der Waals surface area contributed by atoms with Crippen LogP contribution in [0.2, 0.25) is 5.02 Å². The van der Waals surface area contributed by atoms with Crippen LogP contribution in [0.3, 0.4) is 0 Å². The van der Waals surface area contributed by atoms with E-state index in [9.17, 15) is 4.79 Å². The number of esters is 1. The zero-order valence-electron chi connectivity index (χ0n) is 14.8. The second-order valence-electron chi connectivity index (χ2n) is 6.19. The van der Waals surface area contributed by atoms with Gasteiger partial charge in [0.15, 0.2) is 5.75 Å². The summed E-state index contributed by atoms with van der Waals surface area (Å²) >= 11 is 6.47. The number of rotatable bonds is 4. The van der Waals surface area contributed by atoms with Gasteiger partial charge in [0.1, 0.15) is 17.0 Å². The van der Waals surface area contributed by atoms with Gasteiger partial charge < -0.3 is 24.7 Å². The van der Waals surface area contributed by atoms with E-state index in [2.05, 4.69) is 20.2 Å². The first-order valence-electron chi connectivity index (χ1n) is 8.65. The van der Waals surface area contributed by atoms with Gasteiger partial charge in [0.05, 0.1) is 18.3 Å². The number of benzene rings is 1. The molecule has 8 heteroatoms. The van der Waals surface area contributed by atoms with Crippen molar-refractivity contribution in [3.63, 3.8) is 0 Å². The van der Waals surface area contributed by atoms with Crippen LogP contribution >= 0.6 is 11.6 Å². The van der Waals surface area contributed by atoms with Crippen molar-refractivity contribution >= 4 is 34.3 Å². The predicted molar refractivity (Wildman–Crippen MR) is 104 cm³/mol. The maximum absolute atomic E-state index is 12.2. The summed E-state index contributed by atoms with van der Waals surface area (Å²) < 4.78 is 10.9. The molecule has 1 saturated heterocycles. The van der Waals surface area contributed by atoms with E-state index < -0.39 is 5.97 Å². The third-order valence-corrected chi connectivity index (χ3v) is 4.95. The van der Waals surface area contributed by atoms with Crippen molar-refractivity contribution < 1.29 is 14.3 Å². The Bertz CT molecular complexity index is 982. The molecule has 1 aliphatic heterocycles. The molecule has 1 aliphatic rings. The normalized spacial score (nSPS) is 14.4.